The third kappa shape index (κ3) is 3.78. The molecule has 0 N–H and O–H groups in total. The molecule has 0 atom stereocenters. The molecule has 2 heterocycles. The summed E-state index contributed by atoms with van der Waals surface area (Å²) in [7, 11) is 3.09. The van der Waals surface area contributed by atoms with E-state index >= 15 is 0 Å². The van der Waals surface area contributed by atoms with Crippen molar-refractivity contribution in [1.29, 1.82) is 0 Å². The summed E-state index contributed by atoms with van der Waals surface area (Å²) in [4.78, 5) is 29.0. The molecule has 0 bridgehead atoms. The predicted octanol–water partition coefficient (Wildman–Crippen LogP) is 2.10. The molecule has 1 amide bonds. The average Bonchev–Trinajstić information content (AvgIpc) is 3.12. The molecular formula is C19H24N2O4. The highest BCUT2D eigenvalue weighted by Gasteiger charge is 2.26. The van der Waals surface area contributed by atoms with Crippen LogP contribution >= 0.6 is 0 Å². The van der Waals surface area contributed by atoms with Crippen molar-refractivity contribution in [2.24, 2.45) is 0 Å². The van der Waals surface area contributed by atoms with E-state index in [4.69, 9.17) is 9.47 Å². The summed E-state index contributed by atoms with van der Waals surface area (Å²) in [5.74, 6) is 1.08. The molecule has 1 aromatic carbocycles. The number of ether oxygens (including phenoxy) is 2. The molecule has 0 aliphatic carbocycles. The van der Waals surface area contributed by atoms with Crippen molar-refractivity contribution < 1.29 is 19.1 Å². The van der Waals surface area contributed by atoms with Crippen molar-refractivity contribution in [2.45, 2.75) is 19.3 Å². The zero-order chi connectivity index (χ0) is 17.8. The fourth-order valence-electron chi connectivity index (χ4n) is 3.34. The molecule has 2 aliphatic rings. The summed E-state index contributed by atoms with van der Waals surface area (Å²) in [6.45, 7) is 3.36. The van der Waals surface area contributed by atoms with Gasteiger partial charge in [-0.3, -0.25) is 9.59 Å². The Labute approximate surface area is 148 Å². The molecule has 3 rings (SSSR count). The Kier molecular flexibility index (Phi) is 5.26. The van der Waals surface area contributed by atoms with Crippen LogP contribution in [0.15, 0.2) is 30.0 Å². The Hall–Kier alpha value is -2.50. The van der Waals surface area contributed by atoms with Gasteiger partial charge in [-0.15, -0.1) is 0 Å². The van der Waals surface area contributed by atoms with E-state index in [1.165, 1.54) is 12.8 Å². The van der Waals surface area contributed by atoms with Crippen LogP contribution in [-0.4, -0.2) is 61.9 Å². The van der Waals surface area contributed by atoms with E-state index in [0.717, 1.165) is 26.1 Å². The first-order valence-electron chi connectivity index (χ1n) is 8.59. The molecular weight excluding hydrogens is 320 g/mol. The van der Waals surface area contributed by atoms with E-state index in [1.54, 1.807) is 25.3 Å². The summed E-state index contributed by atoms with van der Waals surface area (Å²) in [5.41, 5.74) is 1.78. The lowest BCUT2D eigenvalue weighted by atomic mass is 10.1. The van der Waals surface area contributed by atoms with Crippen LogP contribution in [0.5, 0.6) is 11.5 Å². The lowest BCUT2D eigenvalue weighted by Crippen LogP contribution is -2.45. The molecule has 134 valence electrons. The Morgan fingerprint density at radius 1 is 1.04 bits per heavy atom. The van der Waals surface area contributed by atoms with Crippen LogP contribution in [0, 0.1) is 0 Å². The monoisotopic (exact) mass is 344 g/mol. The van der Waals surface area contributed by atoms with Gasteiger partial charge in [-0.1, -0.05) is 6.08 Å². The molecule has 0 radical (unpaired) electrons. The predicted molar refractivity (Wildman–Crippen MR) is 94.0 cm³/mol. The first-order valence-corrected chi connectivity index (χ1v) is 8.59. The fraction of sp³-hybridized carbons (Fsp3) is 0.474. The van der Waals surface area contributed by atoms with Crippen molar-refractivity contribution >= 4 is 11.7 Å². The summed E-state index contributed by atoms with van der Waals surface area (Å²) in [6.07, 6.45) is 3.71. The van der Waals surface area contributed by atoms with E-state index < -0.39 is 0 Å². The maximum Gasteiger partial charge on any atom is 0.223 e. The number of carbonyl (C=O) groups is 2. The van der Waals surface area contributed by atoms with Crippen LogP contribution in [0.4, 0.5) is 0 Å². The Morgan fingerprint density at radius 3 is 2.60 bits per heavy atom. The number of Topliss-reactive ketones (excluding diaryl/α,β-unsaturated/α-hetero) is 1. The second-order valence-electron chi connectivity index (χ2n) is 6.28. The topological polar surface area (TPSA) is 59.1 Å². The van der Waals surface area contributed by atoms with Gasteiger partial charge in [0.05, 0.1) is 20.8 Å². The Balaban J connectivity index is 1.56. The SMILES string of the molecule is COc1ccc(C(=O)CCC(=O)N2CCN3CCC=C3C2)cc1OC. The highest BCUT2D eigenvalue weighted by Crippen LogP contribution is 2.28. The van der Waals surface area contributed by atoms with Gasteiger partial charge >= 0.3 is 0 Å². The van der Waals surface area contributed by atoms with E-state index in [9.17, 15) is 9.59 Å². The largest absolute Gasteiger partial charge is 0.493 e. The number of carbonyl (C=O) groups excluding carboxylic acids is 2. The molecule has 0 saturated carbocycles. The van der Waals surface area contributed by atoms with Crippen LogP contribution < -0.4 is 9.47 Å². The number of methoxy groups -OCH3 is 2. The third-order valence-electron chi connectivity index (χ3n) is 4.80. The number of ketones is 1. The van der Waals surface area contributed by atoms with Crippen LogP contribution in [0.25, 0.3) is 0 Å². The van der Waals surface area contributed by atoms with Crippen molar-refractivity contribution in [2.75, 3.05) is 40.4 Å². The fourth-order valence-corrected chi connectivity index (χ4v) is 3.34. The molecule has 1 saturated heterocycles. The average molecular weight is 344 g/mol. The molecule has 0 unspecified atom stereocenters. The molecule has 0 aromatic heterocycles. The number of fused-ring (bicyclic) bond motifs is 1. The zero-order valence-electron chi connectivity index (χ0n) is 14.8. The second kappa shape index (κ2) is 7.59. The highest BCUT2D eigenvalue weighted by atomic mass is 16.5. The van der Waals surface area contributed by atoms with Gasteiger partial charge in [-0.05, 0) is 24.6 Å². The Morgan fingerprint density at radius 2 is 1.84 bits per heavy atom. The number of benzene rings is 1. The first kappa shape index (κ1) is 17.3. The molecule has 1 aromatic rings. The number of hydrogen-bond donors (Lipinski definition) is 0. The molecule has 6 heteroatoms. The number of nitrogens with zero attached hydrogens (tertiary/aromatic N) is 2. The molecule has 1 fully saturated rings. The maximum absolute atomic E-state index is 12.4. The van der Waals surface area contributed by atoms with Crippen LogP contribution in [0.2, 0.25) is 0 Å². The maximum atomic E-state index is 12.4. The smallest absolute Gasteiger partial charge is 0.223 e. The second-order valence-corrected chi connectivity index (χ2v) is 6.28. The van der Waals surface area contributed by atoms with Crippen molar-refractivity contribution in [1.82, 2.24) is 9.80 Å². The van der Waals surface area contributed by atoms with Crippen LogP contribution in [0.1, 0.15) is 29.6 Å². The summed E-state index contributed by atoms with van der Waals surface area (Å²) in [6, 6.07) is 5.07. The van der Waals surface area contributed by atoms with Crippen molar-refractivity contribution in [3.8, 4) is 11.5 Å². The van der Waals surface area contributed by atoms with Crippen molar-refractivity contribution in [3.63, 3.8) is 0 Å². The molecule has 6 nitrogen and oxygen atoms in total. The molecule has 0 spiro atoms. The van der Waals surface area contributed by atoms with Gasteiger partial charge in [-0.25, -0.2) is 0 Å². The summed E-state index contributed by atoms with van der Waals surface area (Å²) in [5, 5.41) is 0. The summed E-state index contributed by atoms with van der Waals surface area (Å²) >= 11 is 0. The van der Waals surface area contributed by atoms with Crippen molar-refractivity contribution in [3.05, 3.63) is 35.5 Å². The summed E-state index contributed by atoms with van der Waals surface area (Å²) < 4.78 is 10.4. The minimum Gasteiger partial charge on any atom is -0.493 e. The standard InChI is InChI=1S/C19H24N2O4/c1-24-17-7-5-14(12-18(17)25-2)16(22)6-8-19(23)21-11-10-20-9-3-4-15(20)13-21/h4-5,7,12H,3,6,8-11,13H2,1-2H3. The van der Waals surface area contributed by atoms with Crippen LogP contribution in [0.3, 0.4) is 0 Å². The van der Waals surface area contributed by atoms with Gasteiger partial charge in [-0.2, -0.15) is 0 Å². The number of hydrogen-bond acceptors (Lipinski definition) is 5. The normalized spacial score (nSPS) is 16.3. The lowest BCUT2D eigenvalue weighted by molar-refractivity contribution is -0.131. The van der Waals surface area contributed by atoms with Gasteiger partial charge in [0.2, 0.25) is 5.91 Å². The van der Waals surface area contributed by atoms with Gasteiger partial charge < -0.3 is 19.3 Å². The lowest BCUT2D eigenvalue weighted by Gasteiger charge is -2.35. The van der Waals surface area contributed by atoms with E-state index in [0.29, 0.717) is 23.6 Å². The van der Waals surface area contributed by atoms with E-state index in [2.05, 4.69) is 11.0 Å². The van der Waals surface area contributed by atoms with E-state index in [1.807, 2.05) is 4.90 Å². The van der Waals surface area contributed by atoms with Gasteiger partial charge in [0.1, 0.15) is 0 Å². The van der Waals surface area contributed by atoms with Gasteiger partial charge in [0, 0.05) is 43.7 Å². The molecule has 25 heavy (non-hydrogen) atoms. The number of piperazine rings is 1. The Bertz CT molecular complexity index is 699. The molecule has 2 aliphatic heterocycles. The highest BCUT2D eigenvalue weighted by molar-refractivity contribution is 5.98. The minimum atomic E-state index is -0.0620. The van der Waals surface area contributed by atoms with Gasteiger partial charge in [0.15, 0.2) is 17.3 Å². The zero-order valence-corrected chi connectivity index (χ0v) is 14.8. The van der Waals surface area contributed by atoms with E-state index in [-0.39, 0.29) is 24.5 Å². The van der Waals surface area contributed by atoms with Gasteiger partial charge in [0.25, 0.3) is 0 Å². The number of amides is 1. The van der Waals surface area contributed by atoms with Crippen LogP contribution in [-0.2, 0) is 4.79 Å². The third-order valence-corrected chi connectivity index (χ3v) is 4.80. The first-order chi connectivity index (χ1) is 12.1. The minimum absolute atomic E-state index is 0.0428. The quantitative estimate of drug-likeness (QED) is 0.740. The number of rotatable bonds is 6.